The van der Waals surface area contributed by atoms with E-state index in [4.69, 9.17) is 0 Å². The first-order valence-electron chi connectivity index (χ1n) is 7.87. The highest BCUT2D eigenvalue weighted by Crippen LogP contribution is 2.13. The van der Waals surface area contributed by atoms with Crippen molar-refractivity contribution in [2.75, 3.05) is 31.6 Å². The Balaban J connectivity index is 1.56. The summed E-state index contributed by atoms with van der Waals surface area (Å²) in [7, 11) is 0. The van der Waals surface area contributed by atoms with Gasteiger partial charge in [0.25, 0.3) is 0 Å². The molecule has 0 radical (unpaired) electrons. The summed E-state index contributed by atoms with van der Waals surface area (Å²) in [6.45, 7) is 4.74. The van der Waals surface area contributed by atoms with Crippen molar-refractivity contribution in [3.63, 3.8) is 0 Å². The maximum absolute atomic E-state index is 3.73. The van der Waals surface area contributed by atoms with Crippen LogP contribution in [0.3, 0.4) is 0 Å². The second kappa shape index (κ2) is 9.43. The molecule has 1 aliphatic heterocycles. The first-order chi connectivity index (χ1) is 9.88. The van der Waals surface area contributed by atoms with E-state index in [2.05, 4.69) is 46.8 Å². The summed E-state index contributed by atoms with van der Waals surface area (Å²) in [4.78, 5) is 2.57. The molecule has 1 atom stereocenters. The van der Waals surface area contributed by atoms with Gasteiger partial charge in [0.05, 0.1) is 0 Å². The summed E-state index contributed by atoms with van der Waals surface area (Å²) in [5.41, 5.74) is 1.44. The minimum atomic E-state index is 0.708. The molecule has 112 valence electrons. The van der Waals surface area contributed by atoms with Crippen molar-refractivity contribution in [1.29, 1.82) is 0 Å². The number of thioether (sulfide) groups is 1. The zero-order valence-electron chi connectivity index (χ0n) is 12.7. The highest BCUT2D eigenvalue weighted by molar-refractivity contribution is 7.98. The second-order valence-electron chi connectivity index (χ2n) is 5.71. The molecule has 1 fully saturated rings. The molecule has 0 aliphatic carbocycles. The number of rotatable bonds is 9. The highest BCUT2D eigenvalue weighted by Gasteiger charge is 2.21. The van der Waals surface area contributed by atoms with Gasteiger partial charge < -0.3 is 5.32 Å². The Kier molecular flexibility index (Phi) is 7.48. The normalized spacial score (nSPS) is 19.6. The average molecular weight is 292 g/mol. The van der Waals surface area contributed by atoms with E-state index >= 15 is 0 Å². The van der Waals surface area contributed by atoms with E-state index < -0.39 is 0 Å². The summed E-state index contributed by atoms with van der Waals surface area (Å²) in [5.74, 6) is 1.31. The zero-order valence-corrected chi connectivity index (χ0v) is 13.5. The summed E-state index contributed by atoms with van der Waals surface area (Å²) in [6.07, 6.45) is 7.56. The number of unbranched alkanes of at least 4 members (excludes halogenated alkanes) is 2. The molecule has 1 aromatic carbocycles. The Labute approximate surface area is 128 Å². The van der Waals surface area contributed by atoms with E-state index in [9.17, 15) is 0 Å². The number of benzene rings is 1. The lowest BCUT2D eigenvalue weighted by atomic mass is 10.2. The quantitative estimate of drug-likeness (QED) is 0.702. The lowest BCUT2D eigenvalue weighted by Gasteiger charge is -2.16. The van der Waals surface area contributed by atoms with Gasteiger partial charge in [0.1, 0.15) is 0 Å². The van der Waals surface area contributed by atoms with Crippen LogP contribution in [0.5, 0.6) is 0 Å². The monoisotopic (exact) mass is 292 g/mol. The Morgan fingerprint density at radius 1 is 1.20 bits per heavy atom. The van der Waals surface area contributed by atoms with Gasteiger partial charge in [-0.15, -0.1) is 0 Å². The molecule has 2 rings (SSSR count). The molecular formula is C17H28N2S. The molecule has 3 heteroatoms. The maximum Gasteiger partial charge on any atom is 0.0234 e. The molecule has 0 aromatic heterocycles. The molecular weight excluding hydrogens is 264 g/mol. The van der Waals surface area contributed by atoms with Crippen LogP contribution >= 0.6 is 11.8 Å². The predicted octanol–water partition coefficient (Wildman–Crippen LogP) is 3.38. The summed E-state index contributed by atoms with van der Waals surface area (Å²) in [6, 6.07) is 11.5. The predicted molar refractivity (Wildman–Crippen MR) is 90.4 cm³/mol. The molecule has 20 heavy (non-hydrogen) atoms. The van der Waals surface area contributed by atoms with Crippen molar-refractivity contribution in [3.05, 3.63) is 35.9 Å². The van der Waals surface area contributed by atoms with E-state index in [1.807, 2.05) is 11.8 Å². The lowest BCUT2D eigenvalue weighted by molar-refractivity contribution is 0.320. The molecule has 2 nitrogen and oxygen atoms in total. The van der Waals surface area contributed by atoms with Crippen molar-refractivity contribution >= 4 is 11.8 Å². The third-order valence-corrected chi connectivity index (χ3v) is 4.68. The largest absolute Gasteiger partial charge is 0.313 e. The minimum absolute atomic E-state index is 0.708. The van der Waals surface area contributed by atoms with Gasteiger partial charge in [-0.05, 0) is 43.4 Å². The van der Waals surface area contributed by atoms with E-state index in [0.29, 0.717) is 6.04 Å². The van der Waals surface area contributed by atoms with Crippen LogP contribution in [0, 0.1) is 0 Å². The standard InChI is InChI=1S/C17H28N2S/c1-20-13-7-3-6-11-18-17-10-12-19(15-17)14-16-8-4-2-5-9-16/h2,4-5,8-9,17-18H,3,6-7,10-15H2,1H3. The Morgan fingerprint density at radius 2 is 2.05 bits per heavy atom. The van der Waals surface area contributed by atoms with E-state index in [0.717, 1.165) is 6.54 Å². The Bertz CT molecular complexity index is 355. The third-order valence-electron chi connectivity index (χ3n) is 3.98. The molecule has 0 bridgehead atoms. The smallest absolute Gasteiger partial charge is 0.0234 e. The van der Waals surface area contributed by atoms with Crippen molar-refractivity contribution < 1.29 is 0 Å². The van der Waals surface area contributed by atoms with E-state index in [1.165, 1.54) is 56.6 Å². The van der Waals surface area contributed by atoms with Crippen molar-refractivity contribution in [2.45, 2.75) is 38.3 Å². The van der Waals surface area contributed by atoms with Crippen LogP contribution in [-0.2, 0) is 6.54 Å². The lowest BCUT2D eigenvalue weighted by Crippen LogP contribution is -2.33. The summed E-state index contributed by atoms with van der Waals surface area (Å²) >= 11 is 1.96. The summed E-state index contributed by atoms with van der Waals surface area (Å²) < 4.78 is 0. The van der Waals surface area contributed by atoms with Crippen molar-refractivity contribution in [1.82, 2.24) is 10.2 Å². The number of nitrogens with zero attached hydrogens (tertiary/aromatic N) is 1. The number of hydrogen-bond acceptors (Lipinski definition) is 3. The summed E-state index contributed by atoms with van der Waals surface area (Å²) in [5, 5.41) is 3.73. The van der Waals surface area contributed by atoms with Crippen LogP contribution in [0.2, 0.25) is 0 Å². The van der Waals surface area contributed by atoms with Crippen molar-refractivity contribution in [2.24, 2.45) is 0 Å². The van der Waals surface area contributed by atoms with Crippen LogP contribution < -0.4 is 5.32 Å². The maximum atomic E-state index is 3.73. The number of nitrogens with one attached hydrogen (secondary N) is 1. The minimum Gasteiger partial charge on any atom is -0.313 e. The fraction of sp³-hybridized carbons (Fsp3) is 0.647. The molecule has 0 saturated carbocycles. The molecule has 0 amide bonds. The van der Waals surface area contributed by atoms with Crippen LogP contribution in [0.4, 0.5) is 0 Å². The van der Waals surface area contributed by atoms with Gasteiger partial charge in [-0.3, -0.25) is 4.90 Å². The van der Waals surface area contributed by atoms with Crippen LogP contribution in [0.15, 0.2) is 30.3 Å². The van der Waals surface area contributed by atoms with Crippen LogP contribution in [0.1, 0.15) is 31.2 Å². The van der Waals surface area contributed by atoms with Gasteiger partial charge in [-0.25, -0.2) is 0 Å². The fourth-order valence-electron chi connectivity index (χ4n) is 2.84. The zero-order chi connectivity index (χ0) is 14.0. The number of hydrogen-bond donors (Lipinski definition) is 1. The van der Waals surface area contributed by atoms with Gasteiger partial charge in [0.15, 0.2) is 0 Å². The molecule has 1 aliphatic rings. The highest BCUT2D eigenvalue weighted by atomic mass is 32.2. The van der Waals surface area contributed by atoms with Crippen molar-refractivity contribution in [3.8, 4) is 0 Å². The van der Waals surface area contributed by atoms with Gasteiger partial charge in [0, 0.05) is 25.7 Å². The SMILES string of the molecule is CSCCCCCNC1CCN(Cc2ccccc2)C1. The average Bonchev–Trinajstić information content (AvgIpc) is 2.91. The molecule has 0 spiro atoms. The topological polar surface area (TPSA) is 15.3 Å². The van der Waals surface area contributed by atoms with Crippen LogP contribution in [0.25, 0.3) is 0 Å². The Hall–Kier alpha value is -0.510. The number of likely N-dealkylation sites (tertiary alicyclic amines) is 1. The fourth-order valence-corrected chi connectivity index (χ4v) is 3.33. The molecule has 1 heterocycles. The first-order valence-corrected chi connectivity index (χ1v) is 9.26. The molecule has 1 saturated heterocycles. The van der Waals surface area contributed by atoms with E-state index in [1.54, 1.807) is 0 Å². The molecule has 1 N–H and O–H groups in total. The van der Waals surface area contributed by atoms with Gasteiger partial charge in [-0.1, -0.05) is 36.8 Å². The van der Waals surface area contributed by atoms with Gasteiger partial charge >= 0.3 is 0 Å². The Morgan fingerprint density at radius 3 is 2.85 bits per heavy atom. The third kappa shape index (κ3) is 5.86. The molecule has 1 aromatic rings. The van der Waals surface area contributed by atoms with Gasteiger partial charge in [0.2, 0.25) is 0 Å². The first kappa shape index (κ1) is 15.9. The van der Waals surface area contributed by atoms with E-state index in [-0.39, 0.29) is 0 Å². The van der Waals surface area contributed by atoms with Crippen LogP contribution in [-0.4, -0.2) is 42.6 Å². The second-order valence-corrected chi connectivity index (χ2v) is 6.70. The molecule has 1 unspecified atom stereocenters. The van der Waals surface area contributed by atoms with Gasteiger partial charge in [-0.2, -0.15) is 11.8 Å².